The lowest BCUT2D eigenvalue weighted by Gasteiger charge is -2.38. The maximum atomic E-state index is 13.0. The van der Waals surface area contributed by atoms with Crippen LogP contribution in [0.25, 0.3) is 0 Å². The van der Waals surface area contributed by atoms with Crippen molar-refractivity contribution in [1.29, 1.82) is 0 Å². The van der Waals surface area contributed by atoms with Crippen LogP contribution in [-0.4, -0.2) is 54.3 Å². The molecule has 6 heteroatoms. The fourth-order valence-corrected chi connectivity index (χ4v) is 3.49. The van der Waals surface area contributed by atoms with Crippen LogP contribution in [-0.2, 0) is 9.53 Å². The molecular formula is C18H25NO5. The number of ether oxygens (including phenoxy) is 2. The van der Waals surface area contributed by atoms with Gasteiger partial charge in [-0.2, -0.15) is 0 Å². The predicted octanol–water partition coefficient (Wildman–Crippen LogP) is 2.57. The van der Waals surface area contributed by atoms with Gasteiger partial charge in [-0.25, -0.2) is 4.79 Å². The molecule has 1 fully saturated rings. The van der Waals surface area contributed by atoms with Crippen molar-refractivity contribution in [2.24, 2.45) is 0 Å². The number of carbonyl (C=O) groups is 2. The molecule has 24 heavy (non-hydrogen) atoms. The van der Waals surface area contributed by atoms with Gasteiger partial charge in [0.05, 0.1) is 12.1 Å². The molecule has 1 aromatic carbocycles. The molecule has 0 bridgehead atoms. The van der Waals surface area contributed by atoms with Crippen molar-refractivity contribution in [3.63, 3.8) is 0 Å². The Bertz CT molecular complexity index is 581. The zero-order valence-electron chi connectivity index (χ0n) is 14.3. The van der Waals surface area contributed by atoms with Gasteiger partial charge in [0, 0.05) is 19.2 Å². The highest BCUT2D eigenvalue weighted by atomic mass is 16.5. The molecule has 1 aliphatic heterocycles. The zero-order chi connectivity index (χ0) is 17.6. The van der Waals surface area contributed by atoms with Crippen LogP contribution in [0.2, 0.25) is 0 Å². The van der Waals surface area contributed by atoms with Crippen LogP contribution in [0.5, 0.6) is 5.75 Å². The molecule has 1 amide bonds. The van der Waals surface area contributed by atoms with Crippen LogP contribution in [0, 0.1) is 0 Å². The van der Waals surface area contributed by atoms with E-state index in [2.05, 4.69) is 6.92 Å². The summed E-state index contributed by atoms with van der Waals surface area (Å²) in [5, 5.41) is 8.70. The minimum atomic E-state index is -1.05. The second-order valence-electron chi connectivity index (χ2n) is 6.18. The monoisotopic (exact) mass is 335 g/mol. The molecule has 2 rings (SSSR count). The van der Waals surface area contributed by atoms with Gasteiger partial charge in [0.15, 0.2) is 6.61 Å². The fourth-order valence-electron chi connectivity index (χ4n) is 3.49. The van der Waals surface area contributed by atoms with E-state index in [1.54, 1.807) is 31.4 Å². The minimum Gasteiger partial charge on any atom is -0.482 e. The number of carboxylic acids is 1. The molecule has 0 aliphatic carbocycles. The van der Waals surface area contributed by atoms with E-state index in [1.165, 1.54) is 0 Å². The smallest absolute Gasteiger partial charge is 0.341 e. The van der Waals surface area contributed by atoms with E-state index in [0.717, 1.165) is 25.7 Å². The molecule has 1 N–H and O–H groups in total. The van der Waals surface area contributed by atoms with E-state index in [4.69, 9.17) is 14.6 Å². The highest BCUT2D eigenvalue weighted by molar-refractivity contribution is 5.95. The molecule has 132 valence electrons. The van der Waals surface area contributed by atoms with Crippen molar-refractivity contribution >= 4 is 11.9 Å². The first-order chi connectivity index (χ1) is 11.5. The van der Waals surface area contributed by atoms with E-state index in [-0.39, 0.29) is 11.4 Å². The summed E-state index contributed by atoms with van der Waals surface area (Å²) in [6.07, 6.45) is 3.79. The lowest BCUT2D eigenvalue weighted by molar-refractivity contribution is -0.139. The second kappa shape index (κ2) is 8.15. The maximum absolute atomic E-state index is 13.0. The van der Waals surface area contributed by atoms with E-state index < -0.39 is 12.6 Å². The summed E-state index contributed by atoms with van der Waals surface area (Å²) in [5.74, 6) is -0.720. The normalized spacial score (nSPS) is 20.2. The van der Waals surface area contributed by atoms with Gasteiger partial charge in [-0.3, -0.25) is 4.79 Å². The summed E-state index contributed by atoms with van der Waals surface area (Å²) in [6.45, 7) is 2.92. The van der Waals surface area contributed by atoms with Gasteiger partial charge in [0.25, 0.3) is 5.91 Å². The van der Waals surface area contributed by atoms with Crippen molar-refractivity contribution in [2.75, 3.05) is 26.9 Å². The molecule has 1 aliphatic rings. The van der Waals surface area contributed by atoms with Gasteiger partial charge in [0.2, 0.25) is 0 Å². The SMILES string of the molecule is CCCC1(COC)CCCN1C(=O)c1cccc(OCC(=O)O)c1. The summed E-state index contributed by atoms with van der Waals surface area (Å²) in [6, 6.07) is 6.70. The number of nitrogens with zero attached hydrogens (tertiary/aromatic N) is 1. The second-order valence-corrected chi connectivity index (χ2v) is 6.18. The van der Waals surface area contributed by atoms with Crippen LogP contribution >= 0.6 is 0 Å². The molecule has 1 atom stereocenters. The van der Waals surface area contributed by atoms with Crippen molar-refractivity contribution in [3.05, 3.63) is 29.8 Å². The number of carboxylic acid groups (broad SMARTS) is 1. The summed E-state index contributed by atoms with van der Waals surface area (Å²) in [7, 11) is 1.67. The van der Waals surface area contributed by atoms with Gasteiger partial charge < -0.3 is 19.5 Å². The van der Waals surface area contributed by atoms with Crippen LogP contribution < -0.4 is 4.74 Å². The van der Waals surface area contributed by atoms with Gasteiger partial charge >= 0.3 is 5.97 Å². The molecule has 1 unspecified atom stereocenters. The Kier molecular flexibility index (Phi) is 6.20. The Labute approximate surface area is 142 Å². The lowest BCUT2D eigenvalue weighted by Crippen LogP contribution is -2.50. The lowest BCUT2D eigenvalue weighted by atomic mass is 9.91. The van der Waals surface area contributed by atoms with Crippen LogP contribution in [0.1, 0.15) is 43.0 Å². The third-order valence-corrected chi connectivity index (χ3v) is 4.41. The Balaban J connectivity index is 2.20. The number of rotatable bonds is 8. The van der Waals surface area contributed by atoms with Crippen molar-refractivity contribution < 1.29 is 24.2 Å². The van der Waals surface area contributed by atoms with E-state index in [0.29, 0.717) is 24.5 Å². The number of benzene rings is 1. The number of likely N-dealkylation sites (tertiary alicyclic amines) is 1. The van der Waals surface area contributed by atoms with Gasteiger partial charge in [-0.05, 0) is 37.5 Å². The van der Waals surface area contributed by atoms with Crippen LogP contribution in [0.4, 0.5) is 0 Å². The zero-order valence-corrected chi connectivity index (χ0v) is 14.3. The third kappa shape index (κ3) is 4.06. The average molecular weight is 335 g/mol. The Morgan fingerprint density at radius 2 is 2.17 bits per heavy atom. The fraction of sp³-hybridized carbons (Fsp3) is 0.556. The first kappa shape index (κ1) is 18.3. The Morgan fingerprint density at radius 3 is 2.83 bits per heavy atom. The summed E-state index contributed by atoms with van der Waals surface area (Å²) < 4.78 is 10.6. The van der Waals surface area contributed by atoms with E-state index in [1.807, 2.05) is 4.90 Å². The molecular weight excluding hydrogens is 310 g/mol. The third-order valence-electron chi connectivity index (χ3n) is 4.41. The number of amides is 1. The number of hydrogen-bond donors (Lipinski definition) is 1. The average Bonchev–Trinajstić information content (AvgIpc) is 2.96. The van der Waals surface area contributed by atoms with Gasteiger partial charge in [-0.15, -0.1) is 0 Å². The summed E-state index contributed by atoms with van der Waals surface area (Å²) in [5.41, 5.74) is 0.259. The molecule has 0 saturated carbocycles. The highest BCUT2D eigenvalue weighted by Crippen LogP contribution is 2.35. The molecule has 1 saturated heterocycles. The topological polar surface area (TPSA) is 76.1 Å². The predicted molar refractivity (Wildman–Crippen MR) is 89.4 cm³/mol. The Hall–Kier alpha value is -2.08. The van der Waals surface area contributed by atoms with Gasteiger partial charge in [0.1, 0.15) is 5.75 Å². The molecule has 1 heterocycles. The highest BCUT2D eigenvalue weighted by Gasteiger charge is 2.43. The first-order valence-corrected chi connectivity index (χ1v) is 8.28. The number of aliphatic carboxylic acids is 1. The van der Waals surface area contributed by atoms with E-state index >= 15 is 0 Å². The largest absolute Gasteiger partial charge is 0.482 e. The number of hydrogen-bond acceptors (Lipinski definition) is 4. The quantitative estimate of drug-likeness (QED) is 0.790. The summed E-state index contributed by atoms with van der Waals surface area (Å²) >= 11 is 0. The summed E-state index contributed by atoms with van der Waals surface area (Å²) in [4.78, 5) is 25.5. The van der Waals surface area contributed by atoms with Crippen LogP contribution in [0.3, 0.4) is 0 Å². The molecule has 0 spiro atoms. The van der Waals surface area contributed by atoms with Crippen molar-refractivity contribution in [3.8, 4) is 5.75 Å². The molecule has 6 nitrogen and oxygen atoms in total. The molecule has 1 aromatic rings. The van der Waals surface area contributed by atoms with Crippen LogP contribution in [0.15, 0.2) is 24.3 Å². The maximum Gasteiger partial charge on any atom is 0.341 e. The molecule has 0 aromatic heterocycles. The van der Waals surface area contributed by atoms with Crippen molar-refractivity contribution in [2.45, 2.75) is 38.1 Å². The Morgan fingerprint density at radius 1 is 1.38 bits per heavy atom. The number of methoxy groups -OCH3 is 1. The number of carbonyl (C=O) groups excluding carboxylic acids is 1. The van der Waals surface area contributed by atoms with E-state index in [9.17, 15) is 9.59 Å². The first-order valence-electron chi connectivity index (χ1n) is 8.28. The van der Waals surface area contributed by atoms with Gasteiger partial charge in [-0.1, -0.05) is 19.4 Å². The minimum absolute atomic E-state index is 0.0567. The van der Waals surface area contributed by atoms with Crippen molar-refractivity contribution in [1.82, 2.24) is 4.90 Å². The standard InChI is InChI=1S/C18H25NO5/c1-3-8-18(13-23-2)9-5-10-19(18)17(22)14-6-4-7-15(11-14)24-12-16(20)21/h4,6-7,11H,3,5,8-10,12-13H2,1-2H3,(H,20,21). The molecule has 0 radical (unpaired) electrons.